The molecule has 0 amide bonds. The molecule has 19 heavy (non-hydrogen) atoms. The van der Waals surface area contributed by atoms with E-state index in [-0.39, 0.29) is 17.7 Å². The lowest BCUT2D eigenvalue weighted by atomic mass is 10.1. The first-order valence-electron chi connectivity index (χ1n) is 6.35. The molecular weight excluding hydrogens is 261 g/mol. The third kappa shape index (κ3) is 2.92. The first kappa shape index (κ1) is 13.9. The number of thiophene rings is 1. The SMILES string of the molecule is CCc1ncnc(NC(C)c2cc(C)sc2C)c1F. The summed E-state index contributed by atoms with van der Waals surface area (Å²) in [6, 6.07) is 2.16. The van der Waals surface area contributed by atoms with E-state index >= 15 is 0 Å². The third-order valence-electron chi connectivity index (χ3n) is 3.10. The van der Waals surface area contributed by atoms with Gasteiger partial charge in [0.1, 0.15) is 6.33 Å². The zero-order valence-corrected chi connectivity index (χ0v) is 12.4. The minimum atomic E-state index is -0.346. The van der Waals surface area contributed by atoms with Crippen molar-refractivity contribution in [2.24, 2.45) is 0 Å². The van der Waals surface area contributed by atoms with Crippen LogP contribution in [0.5, 0.6) is 0 Å². The van der Waals surface area contributed by atoms with Gasteiger partial charge >= 0.3 is 0 Å². The Labute approximate surface area is 116 Å². The molecule has 102 valence electrons. The Balaban J connectivity index is 2.24. The van der Waals surface area contributed by atoms with E-state index in [1.54, 1.807) is 11.3 Å². The number of halogens is 1. The van der Waals surface area contributed by atoms with Crippen LogP contribution in [0.2, 0.25) is 0 Å². The van der Waals surface area contributed by atoms with E-state index < -0.39 is 0 Å². The molecule has 0 aliphatic carbocycles. The van der Waals surface area contributed by atoms with Gasteiger partial charge in [0.05, 0.1) is 11.7 Å². The highest BCUT2D eigenvalue weighted by molar-refractivity contribution is 7.12. The lowest BCUT2D eigenvalue weighted by molar-refractivity contribution is 0.594. The molecule has 2 heterocycles. The van der Waals surface area contributed by atoms with Gasteiger partial charge in [0.15, 0.2) is 11.6 Å². The largest absolute Gasteiger partial charge is 0.361 e. The second-order valence-electron chi connectivity index (χ2n) is 4.57. The van der Waals surface area contributed by atoms with Gasteiger partial charge in [0.2, 0.25) is 0 Å². The molecule has 1 atom stereocenters. The van der Waals surface area contributed by atoms with Crippen LogP contribution in [-0.2, 0) is 6.42 Å². The maximum absolute atomic E-state index is 14.1. The zero-order valence-electron chi connectivity index (χ0n) is 11.6. The van der Waals surface area contributed by atoms with Crippen LogP contribution in [0.25, 0.3) is 0 Å². The molecule has 1 unspecified atom stereocenters. The van der Waals surface area contributed by atoms with E-state index in [1.165, 1.54) is 21.6 Å². The van der Waals surface area contributed by atoms with Crippen LogP contribution < -0.4 is 5.32 Å². The Kier molecular flexibility index (Phi) is 4.14. The van der Waals surface area contributed by atoms with Crippen LogP contribution in [0.15, 0.2) is 12.4 Å². The van der Waals surface area contributed by atoms with Gasteiger partial charge in [-0.2, -0.15) is 0 Å². The molecule has 1 N–H and O–H groups in total. The number of hydrogen-bond donors (Lipinski definition) is 1. The fourth-order valence-electron chi connectivity index (χ4n) is 2.12. The number of aryl methyl sites for hydroxylation is 3. The van der Waals surface area contributed by atoms with Crippen molar-refractivity contribution in [1.82, 2.24) is 9.97 Å². The number of anilines is 1. The van der Waals surface area contributed by atoms with Crippen LogP contribution in [-0.4, -0.2) is 9.97 Å². The summed E-state index contributed by atoms with van der Waals surface area (Å²) >= 11 is 1.75. The van der Waals surface area contributed by atoms with E-state index in [0.29, 0.717) is 12.1 Å². The molecule has 0 aliphatic rings. The van der Waals surface area contributed by atoms with Crippen molar-refractivity contribution in [1.29, 1.82) is 0 Å². The predicted octanol–water partition coefficient (Wildman–Crippen LogP) is 4.03. The summed E-state index contributed by atoms with van der Waals surface area (Å²) < 4.78 is 14.1. The standard InChI is InChI=1S/C14H18FN3S/c1-5-12-13(15)14(17-7-16-12)18-9(3)11-6-8(2)19-10(11)4/h6-7,9H,5H2,1-4H3,(H,16,17,18). The summed E-state index contributed by atoms with van der Waals surface area (Å²) in [5.41, 5.74) is 1.64. The minimum Gasteiger partial charge on any atom is -0.361 e. The van der Waals surface area contributed by atoms with Crippen molar-refractivity contribution >= 4 is 17.2 Å². The predicted molar refractivity (Wildman–Crippen MR) is 77.2 cm³/mol. The molecule has 0 fully saturated rings. The van der Waals surface area contributed by atoms with E-state index in [9.17, 15) is 4.39 Å². The van der Waals surface area contributed by atoms with E-state index in [0.717, 1.165) is 0 Å². The molecule has 0 aliphatic heterocycles. The van der Waals surface area contributed by atoms with E-state index in [1.807, 2.05) is 13.8 Å². The molecule has 0 spiro atoms. The first-order chi connectivity index (χ1) is 9.02. The molecule has 0 saturated carbocycles. The Hall–Kier alpha value is -1.49. The Morgan fingerprint density at radius 1 is 1.37 bits per heavy atom. The Morgan fingerprint density at radius 2 is 2.11 bits per heavy atom. The highest BCUT2D eigenvalue weighted by Gasteiger charge is 2.15. The second-order valence-corrected chi connectivity index (χ2v) is 6.03. The molecular formula is C14H18FN3S. The van der Waals surface area contributed by atoms with Gasteiger partial charge in [-0.05, 0) is 38.8 Å². The minimum absolute atomic E-state index is 0.0269. The monoisotopic (exact) mass is 279 g/mol. The summed E-state index contributed by atoms with van der Waals surface area (Å²) in [6.07, 6.45) is 1.97. The molecule has 2 aromatic rings. The molecule has 0 aromatic carbocycles. The number of aromatic nitrogens is 2. The van der Waals surface area contributed by atoms with Crippen molar-refractivity contribution in [3.05, 3.63) is 39.2 Å². The molecule has 0 radical (unpaired) electrons. The normalized spacial score (nSPS) is 12.5. The number of nitrogens with one attached hydrogen (secondary N) is 1. The van der Waals surface area contributed by atoms with Crippen LogP contribution in [0.4, 0.5) is 10.2 Å². The van der Waals surface area contributed by atoms with Crippen molar-refractivity contribution in [3.63, 3.8) is 0 Å². The smallest absolute Gasteiger partial charge is 0.186 e. The Morgan fingerprint density at radius 3 is 2.68 bits per heavy atom. The van der Waals surface area contributed by atoms with Crippen LogP contribution in [0, 0.1) is 19.7 Å². The maximum atomic E-state index is 14.1. The molecule has 2 aromatic heterocycles. The first-order valence-corrected chi connectivity index (χ1v) is 7.17. The quantitative estimate of drug-likeness (QED) is 0.918. The Bertz CT molecular complexity index is 580. The summed E-state index contributed by atoms with van der Waals surface area (Å²) in [7, 11) is 0. The lowest BCUT2D eigenvalue weighted by Crippen LogP contribution is -2.11. The summed E-state index contributed by atoms with van der Waals surface area (Å²) in [5.74, 6) is -0.0657. The van der Waals surface area contributed by atoms with Gasteiger partial charge in [-0.15, -0.1) is 11.3 Å². The van der Waals surface area contributed by atoms with Crippen LogP contribution >= 0.6 is 11.3 Å². The van der Waals surface area contributed by atoms with E-state index in [4.69, 9.17) is 0 Å². The highest BCUT2D eigenvalue weighted by Crippen LogP contribution is 2.28. The van der Waals surface area contributed by atoms with Gasteiger partial charge in [-0.1, -0.05) is 6.92 Å². The highest BCUT2D eigenvalue weighted by atomic mass is 32.1. The van der Waals surface area contributed by atoms with Crippen LogP contribution in [0.3, 0.4) is 0 Å². The van der Waals surface area contributed by atoms with Gasteiger partial charge in [0.25, 0.3) is 0 Å². The van der Waals surface area contributed by atoms with Crippen molar-refractivity contribution in [2.75, 3.05) is 5.32 Å². The molecule has 5 heteroatoms. The fourth-order valence-corrected chi connectivity index (χ4v) is 3.14. The average Bonchev–Trinajstić information content (AvgIpc) is 2.71. The number of nitrogens with zero attached hydrogens (tertiary/aromatic N) is 2. The summed E-state index contributed by atoms with van der Waals surface area (Å²) in [5, 5.41) is 3.14. The third-order valence-corrected chi connectivity index (χ3v) is 4.08. The fraction of sp³-hybridized carbons (Fsp3) is 0.429. The van der Waals surface area contributed by atoms with Crippen molar-refractivity contribution in [3.8, 4) is 0 Å². The summed E-state index contributed by atoms with van der Waals surface area (Å²) in [6.45, 7) is 8.06. The molecule has 0 saturated heterocycles. The van der Waals surface area contributed by atoms with Crippen molar-refractivity contribution < 1.29 is 4.39 Å². The van der Waals surface area contributed by atoms with Crippen LogP contribution in [0.1, 0.15) is 40.9 Å². The topological polar surface area (TPSA) is 37.8 Å². The molecule has 2 rings (SSSR count). The average molecular weight is 279 g/mol. The molecule has 3 nitrogen and oxygen atoms in total. The lowest BCUT2D eigenvalue weighted by Gasteiger charge is -2.15. The van der Waals surface area contributed by atoms with Gasteiger partial charge in [-0.25, -0.2) is 14.4 Å². The van der Waals surface area contributed by atoms with Gasteiger partial charge in [0, 0.05) is 9.75 Å². The maximum Gasteiger partial charge on any atom is 0.186 e. The zero-order chi connectivity index (χ0) is 14.0. The van der Waals surface area contributed by atoms with E-state index in [2.05, 4.69) is 35.2 Å². The number of rotatable bonds is 4. The number of hydrogen-bond acceptors (Lipinski definition) is 4. The summed E-state index contributed by atoms with van der Waals surface area (Å²) in [4.78, 5) is 10.4. The molecule has 0 bridgehead atoms. The second kappa shape index (κ2) is 5.65. The van der Waals surface area contributed by atoms with Gasteiger partial charge < -0.3 is 5.32 Å². The van der Waals surface area contributed by atoms with Gasteiger partial charge in [-0.3, -0.25) is 0 Å². The van der Waals surface area contributed by atoms with Crippen molar-refractivity contribution in [2.45, 2.75) is 40.2 Å².